The summed E-state index contributed by atoms with van der Waals surface area (Å²) in [5, 5.41) is 13.6. The molecule has 1 heterocycles. The second kappa shape index (κ2) is 45.4. The lowest BCUT2D eigenvalue weighted by Crippen LogP contribution is -3.00. The fourth-order valence-electron chi connectivity index (χ4n) is 12.0. The zero-order chi connectivity index (χ0) is 75.7. The standard InChI is InChI=1S/C70H126N14O14.2ClH/c1-25-27-30-45(15)59(98-55(86)37-73-61(88)48(72)31-28-29-32-71)58-64(91)76-49(26-2)66(93)78(18)38-54(85)79(19)50(33-39(3)4)63(90)77-56(43(11)12)69(96)80(20)51(34-40(5)6)62(89)74-46(16)60(87)75-47(17)65(92)81(21)52(35-41(7)8)67(94)82(22)53(36-42(9)10)68(95)83(23)57(44(13)14)70(97)84(58)24;;/h25,27,39-53,56-59H,26,28-38,71-72H2,1-24H3,(H,73,88)(H,74,89)(H,75,87)(H,76,91)(H,77,90);2*1H/b27-25+;;/t45-,46+,47-,48+,49+,50+,51+,52+,53+,56+,57+,58+,59-;;/m1../s1. The molecule has 0 saturated carbocycles. The molecule has 576 valence electrons. The molecule has 0 unspecified atom stereocenters. The van der Waals surface area contributed by atoms with Crippen molar-refractivity contribution in [3.63, 3.8) is 0 Å². The summed E-state index contributed by atoms with van der Waals surface area (Å²) in [6, 6.07) is -13.7. The number of carbonyl (C=O) groups excluding carboxylic acids is 13. The zero-order valence-corrected chi connectivity index (χ0v) is 66.1. The van der Waals surface area contributed by atoms with Crippen LogP contribution < -0.4 is 62.9 Å². The second-order valence-corrected chi connectivity index (χ2v) is 29.3. The number of allylic oxidation sites excluding steroid dienone is 2. The number of amides is 12. The molecule has 1 saturated heterocycles. The first-order valence-corrected chi connectivity index (χ1v) is 35.2. The van der Waals surface area contributed by atoms with Crippen LogP contribution in [0.15, 0.2) is 12.2 Å². The number of nitrogens with zero attached hydrogens (tertiary/aromatic N) is 7. The van der Waals surface area contributed by atoms with Crippen LogP contribution in [0.3, 0.4) is 0 Å². The Kier molecular flexibility index (Phi) is 43.3. The summed E-state index contributed by atoms with van der Waals surface area (Å²) in [6.45, 7) is 29.0. The molecule has 1 rings (SSSR count). The highest BCUT2D eigenvalue weighted by molar-refractivity contribution is 6.00. The number of rotatable bonds is 23. The lowest BCUT2D eigenvalue weighted by atomic mass is 9.91. The van der Waals surface area contributed by atoms with Crippen molar-refractivity contribution >= 4 is 76.9 Å². The van der Waals surface area contributed by atoms with E-state index in [0.29, 0.717) is 19.4 Å². The summed E-state index contributed by atoms with van der Waals surface area (Å²) in [6.07, 6.45) is 4.51. The van der Waals surface area contributed by atoms with Crippen molar-refractivity contribution in [1.82, 2.24) is 60.9 Å². The van der Waals surface area contributed by atoms with Gasteiger partial charge in [-0.15, -0.1) is 0 Å². The van der Waals surface area contributed by atoms with Crippen LogP contribution in [-0.4, -0.2) is 253 Å². The first-order valence-electron chi connectivity index (χ1n) is 35.2. The van der Waals surface area contributed by atoms with Crippen LogP contribution >= 0.6 is 0 Å². The largest absolute Gasteiger partial charge is 1.00 e. The summed E-state index contributed by atoms with van der Waals surface area (Å²) >= 11 is 0. The fraction of sp³-hybridized carbons (Fsp3) is 0.786. The first kappa shape index (κ1) is 95.4. The van der Waals surface area contributed by atoms with Gasteiger partial charge in [-0.3, -0.25) is 62.3 Å². The number of hydrogen-bond acceptors (Lipinski definition) is 14. The van der Waals surface area contributed by atoms with Crippen molar-refractivity contribution in [2.45, 2.75) is 248 Å². The highest BCUT2D eigenvalue weighted by atomic mass is 35.5. The second-order valence-electron chi connectivity index (χ2n) is 29.3. The minimum absolute atomic E-state index is 0. The van der Waals surface area contributed by atoms with Crippen LogP contribution in [0.4, 0.5) is 0 Å². The van der Waals surface area contributed by atoms with E-state index in [0.717, 1.165) is 16.2 Å². The molecule has 0 bridgehead atoms. The number of quaternary nitrogens is 2. The van der Waals surface area contributed by atoms with Crippen LogP contribution in [0.2, 0.25) is 0 Å². The number of ether oxygens (including phenoxy) is 1. The van der Waals surface area contributed by atoms with E-state index in [1.165, 1.54) is 87.7 Å². The molecule has 100 heavy (non-hydrogen) atoms. The van der Waals surface area contributed by atoms with E-state index >= 15 is 19.2 Å². The average molecular weight is 1460 g/mol. The molecule has 13 atom stereocenters. The van der Waals surface area contributed by atoms with E-state index < -0.39 is 180 Å². The minimum Gasteiger partial charge on any atom is -1.00 e. The number of esters is 1. The Morgan fingerprint density at radius 3 is 1.46 bits per heavy atom. The SMILES string of the molecule is C/C=C/C[C@@H](C)[C@@H](OC(=O)CNC(=O)[C@@H]([NH3+])CCCC[NH3+])[C@H]1C(=O)N[C@@H](CC)C(=O)N(C)CC(=O)N(C)[C@@H](CC(C)C)C(=O)N[C@@H](C(C)C)C(=O)N(C)[C@@H](CC(C)C)C(=O)N[C@@H](C)C(=O)N[C@H](C)C(=O)N(C)[C@@H](CC(C)C)C(=O)N(C)[C@@H](CC(C)C)C(=O)N(C)[C@@H](C(C)C)C(=O)N1C.[Cl-].[Cl-]. The van der Waals surface area contributed by atoms with Crippen molar-refractivity contribution in [3.05, 3.63) is 12.2 Å². The van der Waals surface area contributed by atoms with Gasteiger partial charge >= 0.3 is 5.97 Å². The predicted octanol–water partition coefficient (Wildman–Crippen LogP) is -5.03. The number of likely N-dealkylation sites (N-methyl/N-ethyl adjacent to an activating group) is 7. The van der Waals surface area contributed by atoms with Crippen molar-refractivity contribution in [1.29, 1.82) is 0 Å². The summed E-state index contributed by atoms with van der Waals surface area (Å²) in [5.74, 6) is -12.1. The Bertz CT molecular complexity index is 2740. The highest BCUT2D eigenvalue weighted by Crippen LogP contribution is 2.27. The average Bonchev–Trinajstić information content (AvgIpc) is 0.800. The van der Waals surface area contributed by atoms with Crippen LogP contribution in [-0.2, 0) is 67.1 Å². The van der Waals surface area contributed by atoms with Gasteiger partial charge in [-0.2, -0.15) is 0 Å². The van der Waals surface area contributed by atoms with Crippen molar-refractivity contribution < 1.29 is 103 Å². The highest BCUT2D eigenvalue weighted by Gasteiger charge is 2.47. The number of nitrogens with one attached hydrogen (secondary N) is 5. The molecule has 30 heteroatoms. The van der Waals surface area contributed by atoms with E-state index in [1.807, 2.05) is 55.4 Å². The number of unbranched alkanes of at least 4 members (excludes halogenated alkanes) is 1. The molecule has 12 amide bonds. The number of carbonyl (C=O) groups is 13. The van der Waals surface area contributed by atoms with Gasteiger partial charge in [0.05, 0.1) is 13.1 Å². The minimum atomic E-state index is -1.75. The van der Waals surface area contributed by atoms with Gasteiger partial charge in [0.25, 0.3) is 5.91 Å². The maximum atomic E-state index is 15.7. The van der Waals surface area contributed by atoms with Gasteiger partial charge in [-0.05, 0) is 114 Å². The van der Waals surface area contributed by atoms with Crippen molar-refractivity contribution in [3.8, 4) is 0 Å². The van der Waals surface area contributed by atoms with Gasteiger partial charge in [0.15, 0.2) is 6.04 Å². The van der Waals surface area contributed by atoms with Gasteiger partial charge in [0, 0.05) is 55.8 Å². The van der Waals surface area contributed by atoms with E-state index in [9.17, 15) is 43.2 Å². The van der Waals surface area contributed by atoms with E-state index in [1.54, 1.807) is 60.6 Å². The van der Waals surface area contributed by atoms with Crippen molar-refractivity contribution in [2.24, 2.45) is 41.4 Å². The van der Waals surface area contributed by atoms with Crippen LogP contribution in [0.25, 0.3) is 0 Å². The molecule has 1 aliphatic rings. The molecule has 0 aromatic carbocycles. The third-order valence-corrected chi connectivity index (χ3v) is 18.1. The van der Waals surface area contributed by atoms with Gasteiger partial charge < -0.3 is 102 Å². The summed E-state index contributed by atoms with van der Waals surface area (Å²) in [5.41, 5.74) is 7.79. The topological polar surface area (TPSA) is 369 Å². The van der Waals surface area contributed by atoms with E-state index in [-0.39, 0.29) is 87.0 Å². The summed E-state index contributed by atoms with van der Waals surface area (Å²) < 4.78 is 6.21. The molecule has 0 aromatic rings. The van der Waals surface area contributed by atoms with Gasteiger partial charge in [0.1, 0.15) is 73.1 Å². The Labute approximate surface area is 608 Å². The first-order chi connectivity index (χ1) is 45.4. The molecule has 1 fully saturated rings. The molecule has 28 nitrogen and oxygen atoms in total. The predicted molar refractivity (Wildman–Crippen MR) is 374 cm³/mol. The molecule has 0 radical (unpaired) electrons. The molecule has 1 aliphatic heterocycles. The van der Waals surface area contributed by atoms with Crippen molar-refractivity contribution in [2.75, 3.05) is 69.0 Å². The quantitative estimate of drug-likeness (QED) is 0.0286. The number of halogens is 2. The van der Waals surface area contributed by atoms with E-state index in [4.69, 9.17) is 4.74 Å². The molecular weight excluding hydrogens is 1330 g/mol. The Hall–Kier alpha value is -6.65. The molecular formula is C70H128Cl2N14O14. The van der Waals surface area contributed by atoms with Crippen LogP contribution in [0.5, 0.6) is 0 Å². The lowest BCUT2D eigenvalue weighted by molar-refractivity contribution is -0.406. The molecule has 0 aromatic heterocycles. The third kappa shape index (κ3) is 28.6. The fourth-order valence-corrected chi connectivity index (χ4v) is 12.0. The van der Waals surface area contributed by atoms with E-state index in [2.05, 4.69) is 38.1 Å². The normalized spacial score (nSPS) is 24.6. The maximum absolute atomic E-state index is 15.7. The van der Waals surface area contributed by atoms with Crippen LogP contribution in [0.1, 0.15) is 175 Å². The molecule has 11 N–H and O–H groups in total. The Balaban J connectivity index is 0. The van der Waals surface area contributed by atoms with Crippen LogP contribution in [0, 0.1) is 41.4 Å². The third-order valence-electron chi connectivity index (χ3n) is 18.1. The lowest BCUT2D eigenvalue weighted by Gasteiger charge is -2.42. The van der Waals surface area contributed by atoms with Gasteiger partial charge in [-0.1, -0.05) is 109 Å². The van der Waals surface area contributed by atoms with Gasteiger partial charge in [0.2, 0.25) is 65.0 Å². The van der Waals surface area contributed by atoms with Gasteiger partial charge in [-0.25, -0.2) is 0 Å². The molecule has 0 aliphatic carbocycles. The summed E-state index contributed by atoms with van der Waals surface area (Å²) in [4.78, 5) is 199. The molecule has 0 spiro atoms. The number of hydrogen-bond donors (Lipinski definition) is 7. The Morgan fingerprint density at radius 1 is 0.540 bits per heavy atom. The smallest absolute Gasteiger partial charge is 0.325 e. The maximum Gasteiger partial charge on any atom is 0.325 e. The summed E-state index contributed by atoms with van der Waals surface area (Å²) in [7, 11) is 9.76. The monoisotopic (exact) mass is 1460 g/mol. The Morgan fingerprint density at radius 2 is 0.990 bits per heavy atom. The zero-order valence-electron chi connectivity index (χ0n) is 64.6.